The monoisotopic (exact) mass is 301 g/mol. The molecule has 0 bridgehead atoms. The van der Waals surface area contributed by atoms with E-state index in [1.165, 1.54) is 18.2 Å². The molecule has 0 spiro atoms. The van der Waals surface area contributed by atoms with Gasteiger partial charge in [0.1, 0.15) is 5.82 Å². The maximum absolute atomic E-state index is 13.3. The molecule has 22 heavy (non-hydrogen) atoms. The van der Waals surface area contributed by atoms with Crippen LogP contribution in [-0.4, -0.2) is 17.0 Å². The Morgan fingerprint density at radius 2 is 1.86 bits per heavy atom. The number of nitrogens with one attached hydrogen (secondary N) is 1. The summed E-state index contributed by atoms with van der Waals surface area (Å²) in [5.74, 6) is -1.94. The lowest BCUT2D eigenvalue weighted by atomic mass is 10.0. The molecule has 2 rings (SSSR count). The van der Waals surface area contributed by atoms with E-state index in [9.17, 15) is 14.0 Å². The molecule has 0 aromatic heterocycles. The summed E-state index contributed by atoms with van der Waals surface area (Å²) >= 11 is 0. The molecule has 0 heterocycles. The molecule has 4 nitrogen and oxygen atoms in total. The van der Waals surface area contributed by atoms with Gasteiger partial charge in [-0.2, -0.15) is 0 Å². The second kappa shape index (κ2) is 6.85. The van der Waals surface area contributed by atoms with Crippen molar-refractivity contribution in [1.29, 1.82) is 0 Å². The summed E-state index contributed by atoms with van der Waals surface area (Å²) in [4.78, 5) is 23.2. The van der Waals surface area contributed by atoms with E-state index >= 15 is 0 Å². The number of amides is 1. The zero-order valence-electron chi connectivity index (χ0n) is 12.0. The third-order valence-electron chi connectivity index (χ3n) is 3.25. The van der Waals surface area contributed by atoms with Gasteiger partial charge in [-0.05, 0) is 36.8 Å². The lowest BCUT2D eigenvalue weighted by molar-refractivity contribution is -0.137. The molecule has 0 saturated carbocycles. The quantitative estimate of drug-likeness (QED) is 0.892. The molecule has 114 valence electrons. The second-order valence-corrected chi connectivity index (χ2v) is 5.04. The molecule has 1 amide bonds. The number of aliphatic carboxylic acids is 1. The van der Waals surface area contributed by atoms with Crippen molar-refractivity contribution in [2.75, 3.05) is 0 Å². The Labute approximate surface area is 127 Å². The van der Waals surface area contributed by atoms with Gasteiger partial charge < -0.3 is 10.4 Å². The Kier molecular flexibility index (Phi) is 4.88. The molecule has 0 fully saturated rings. The van der Waals surface area contributed by atoms with Gasteiger partial charge in [-0.3, -0.25) is 9.59 Å². The van der Waals surface area contributed by atoms with E-state index in [4.69, 9.17) is 5.11 Å². The predicted octanol–water partition coefficient (Wildman–Crippen LogP) is 3.08. The molecule has 5 heteroatoms. The van der Waals surface area contributed by atoms with Crippen LogP contribution in [0, 0.1) is 12.7 Å². The standard InChI is InChI=1S/C17H16FNO3/c1-11-5-7-12(8-6-11)17(22)19-15(10-16(20)21)13-3-2-4-14(18)9-13/h2-9,15H,10H2,1H3,(H,19,22)(H,20,21). The third-order valence-corrected chi connectivity index (χ3v) is 3.25. The van der Waals surface area contributed by atoms with E-state index in [0.717, 1.165) is 5.56 Å². The lowest BCUT2D eigenvalue weighted by Gasteiger charge is -2.17. The van der Waals surface area contributed by atoms with Gasteiger partial charge in [0.15, 0.2) is 0 Å². The maximum Gasteiger partial charge on any atom is 0.305 e. The van der Waals surface area contributed by atoms with Crippen LogP contribution in [0.5, 0.6) is 0 Å². The fraction of sp³-hybridized carbons (Fsp3) is 0.176. The summed E-state index contributed by atoms with van der Waals surface area (Å²) in [7, 11) is 0. The number of halogens is 1. The van der Waals surface area contributed by atoms with Gasteiger partial charge in [-0.25, -0.2) is 4.39 Å². The molecule has 2 N–H and O–H groups in total. The zero-order chi connectivity index (χ0) is 16.1. The Bertz CT molecular complexity index is 683. The van der Waals surface area contributed by atoms with Gasteiger partial charge in [0.25, 0.3) is 5.91 Å². The Hall–Kier alpha value is -2.69. The average Bonchev–Trinajstić information content (AvgIpc) is 2.46. The molecular formula is C17H16FNO3. The number of carboxylic acid groups (broad SMARTS) is 1. The zero-order valence-corrected chi connectivity index (χ0v) is 12.0. The first-order valence-electron chi connectivity index (χ1n) is 6.80. The highest BCUT2D eigenvalue weighted by Crippen LogP contribution is 2.19. The highest BCUT2D eigenvalue weighted by atomic mass is 19.1. The SMILES string of the molecule is Cc1ccc(C(=O)NC(CC(=O)O)c2cccc(F)c2)cc1. The van der Waals surface area contributed by atoms with Crippen molar-refractivity contribution in [2.45, 2.75) is 19.4 Å². The van der Waals surface area contributed by atoms with Crippen LogP contribution in [0.4, 0.5) is 4.39 Å². The minimum Gasteiger partial charge on any atom is -0.481 e. The summed E-state index contributed by atoms with van der Waals surface area (Å²) in [6.07, 6.45) is -0.318. The number of aryl methyl sites for hydroxylation is 1. The van der Waals surface area contributed by atoms with Gasteiger partial charge in [0, 0.05) is 5.56 Å². The predicted molar refractivity (Wildman–Crippen MR) is 80.0 cm³/mol. The molecular weight excluding hydrogens is 285 g/mol. The van der Waals surface area contributed by atoms with Gasteiger partial charge in [0.05, 0.1) is 12.5 Å². The molecule has 0 radical (unpaired) electrons. The number of carbonyl (C=O) groups excluding carboxylic acids is 1. The van der Waals surface area contributed by atoms with E-state index in [-0.39, 0.29) is 6.42 Å². The summed E-state index contributed by atoms with van der Waals surface area (Å²) in [6.45, 7) is 1.90. The number of carbonyl (C=O) groups is 2. The topological polar surface area (TPSA) is 66.4 Å². The van der Waals surface area contributed by atoms with Gasteiger partial charge in [-0.1, -0.05) is 29.8 Å². The minimum atomic E-state index is -1.07. The van der Waals surface area contributed by atoms with Gasteiger partial charge in [0.2, 0.25) is 0 Å². The molecule has 1 unspecified atom stereocenters. The molecule has 0 saturated heterocycles. The van der Waals surface area contributed by atoms with Crippen LogP contribution in [0.3, 0.4) is 0 Å². The van der Waals surface area contributed by atoms with Crippen LogP contribution in [-0.2, 0) is 4.79 Å². The van der Waals surface area contributed by atoms with Crippen molar-refractivity contribution < 1.29 is 19.1 Å². The summed E-state index contributed by atoms with van der Waals surface area (Å²) in [5.41, 5.74) is 1.86. The van der Waals surface area contributed by atoms with Crippen molar-refractivity contribution in [3.63, 3.8) is 0 Å². The van der Waals surface area contributed by atoms with Crippen molar-refractivity contribution in [2.24, 2.45) is 0 Å². The average molecular weight is 301 g/mol. The summed E-state index contributed by atoms with van der Waals surface area (Å²) < 4.78 is 13.3. The molecule has 0 aliphatic rings. The molecule has 2 aromatic rings. The Morgan fingerprint density at radius 3 is 2.45 bits per heavy atom. The third kappa shape index (κ3) is 4.15. The first-order valence-corrected chi connectivity index (χ1v) is 6.80. The largest absolute Gasteiger partial charge is 0.481 e. The first-order chi connectivity index (χ1) is 10.5. The van der Waals surface area contributed by atoms with Crippen LogP contribution in [0.1, 0.15) is 33.9 Å². The van der Waals surface area contributed by atoms with Crippen molar-refractivity contribution in [1.82, 2.24) is 5.32 Å². The summed E-state index contributed by atoms with van der Waals surface area (Å²) in [5, 5.41) is 11.6. The van der Waals surface area contributed by atoms with Crippen molar-refractivity contribution in [3.05, 3.63) is 71.0 Å². The van der Waals surface area contributed by atoms with Gasteiger partial charge in [-0.15, -0.1) is 0 Å². The molecule has 0 aliphatic carbocycles. The van der Waals surface area contributed by atoms with Crippen LogP contribution in [0.25, 0.3) is 0 Å². The molecule has 1 atom stereocenters. The van der Waals surface area contributed by atoms with Crippen LogP contribution >= 0.6 is 0 Å². The second-order valence-electron chi connectivity index (χ2n) is 5.04. The Morgan fingerprint density at radius 1 is 1.18 bits per heavy atom. The summed E-state index contributed by atoms with van der Waals surface area (Å²) in [6, 6.07) is 11.7. The first kappa shape index (κ1) is 15.7. The number of carboxylic acids is 1. The number of hydrogen-bond donors (Lipinski definition) is 2. The molecule has 2 aromatic carbocycles. The number of hydrogen-bond acceptors (Lipinski definition) is 2. The van der Waals surface area contributed by atoms with Crippen molar-refractivity contribution >= 4 is 11.9 Å². The van der Waals surface area contributed by atoms with E-state index in [0.29, 0.717) is 11.1 Å². The fourth-order valence-corrected chi connectivity index (χ4v) is 2.10. The maximum atomic E-state index is 13.3. The highest BCUT2D eigenvalue weighted by Gasteiger charge is 2.19. The highest BCUT2D eigenvalue weighted by molar-refractivity contribution is 5.94. The molecule has 0 aliphatic heterocycles. The van der Waals surface area contributed by atoms with Crippen LogP contribution in [0.15, 0.2) is 48.5 Å². The van der Waals surface area contributed by atoms with Crippen molar-refractivity contribution in [3.8, 4) is 0 Å². The van der Waals surface area contributed by atoms with E-state index in [1.807, 2.05) is 6.92 Å². The smallest absolute Gasteiger partial charge is 0.305 e. The normalized spacial score (nSPS) is 11.7. The fourth-order valence-electron chi connectivity index (χ4n) is 2.10. The minimum absolute atomic E-state index is 0.318. The van der Waals surface area contributed by atoms with E-state index in [2.05, 4.69) is 5.32 Å². The van der Waals surface area contributed by atoms with Crippen LogP contribution in [0.2, 0.25) is 0 Å². The number of benzene rings is 2. The van der Waals surface area contributed by atoms with Gasteiger partial charge >= 0.3 is 5.97 Å². The lowest BCUT2D eigenvalue weighted by Crippen LogP contribution is -2.30. The van der Waals surface area contributed by atoms with E-state index in [1.54, 1.807) is 30.3 Å². The Balaban J connectivity index is 2.21. The van der Waals surface area contributed by atoms with Crippen LogP contribution < -0.4 is 5.32 Å². The van der Waals surface area contributed by atoms with E-state index < -0.39 is 23.7 Å². The number of rotatable bonds is 5.